The highest BCUT2D eigenvalue weighted by Crippen LogP contribution is 2.48. The van der Waals surface area contributed by atoms with Crippen LogP contribution in [0.2, 0.25) is 0 Å². The van der Waals surface area contributed by atoms with Gasteiger partial charge in [0.2, 0.25) is 0 Å². The molecule has 24 heavy (non-hydrogen) atoms. The highest BCUT2D eigenvalue weighted by atomic mass is 16.8. The van der Waals surface area contributed by atoms with Gasteiger partial charge < -0.3 is 28.4 Å². The van der Waals surface area contributed by atoms with Crippen LogP contribution >= 0.6 is 0 Å². The average molecular weight is 344 g/mol. The first-order chi connectivity index (χ1) is 11.3. The molecule has 5 atom stereocenters. The van der Waals surface area contributed by atoms with Crippen molar-refractivity contribution in [3.8, 4) is 0 Å². The molecule has 0 aliphatic carbocycles. The molecule has 0 radical (unpaired) electrons. The molecule has 3 fully saturated rings. The maximum Gasteiger partial charge on any atom is 0.339 e. The summed E-state index contributed by atoms with van der Waals surface area (Å²) in [5, 5.41) is 0. The number of rotatable bonds is 5. The van der Waals surface area contributed by atoms with E-state index in [4.69, 9.17) is 28.4 Å². The second-order valence-corrected chi connectivity index (χ2v) is 6.63. The maximum absolute atomic E-state index is 12.5. The van der Waals surface area contributed by atoms with Crippen molar-refractivity contribution in [1.82, 2.24) is 0 Å². The SMILES string of the molecule is CCOC(=O)C[C@]1(C(=O)OCC)C[C@H]2O[C@@H]3OC(C)(C)O[C@@H]3[C@H]2O1. The second-order valence-electron chi connectivity index (χ2n) is 6.63. The molecular weight excluding hydrogens is 320 g/mol. The van der Waals surface area contributed by atoms with Crippen LogP contribution in [0.4, 0.5) is 0 Å². The summed E-state index contributed by atoms with van der Waals surface area (Å²) in [6.45, 7) is 7.41. The Bertz CT molecular complexity index is 518. The minimum atomic E-state index is -1.40. The van der Waals surface area contributed by atoms with Crippen molar-refractivity contribution in [2.24, 2.45) is 0 Å². The summed E-state index contributed by atoms with van der Waals surface area (Å²) < 4.78 is 33.5. The Morgan fingerprint density at radius 2 is 1.75 bits per heavy atom. The number of carbonyl (C=O) groups excluding carboxylic acids is 2. The van der Waals surface area contributed by atoms with E-state index in [0.29, 0.717) is 0 Å². The van der Waals surface area contributed by atoms with Crippen molar-refractivity contribution in [3.63, 3.8) is 0 Å². The first kappa shape index (κ1) is 17.6. The Morgan fingerprint density at radius 1 is 1.04 bits per heavy atom. The zero-order valence-corrected chi connectivity index (χ0v) is 14.4. The molecule has 3 aliphatic rings. The van der Waals surface area contributed by atoms with E-state index in [-0.39, 0.29) is 26.1 Å². The number of hydrogen-bond acceptors (Lipinski definition) is 8. The summed E-state index contributed by atoms with van der Waals surface area (Å²) in [7, 11) is 0. The molecule has 8 nitrogen and oxygen atoms in total. The summed E-state index contributed by atoms with van der Waals surface area (Å²) in [4.78, 5) is 24.4. The van der Waals surface area contributed by atoms with Gasteiger partial charge in [-0.3, -0.25) is 4.79 Å². The van der Waals surface area contributed by atoms with Crippen LogP contribution < -0.4 is 0 Å². The van der Waals surface area contributed by atoms with Gasteiger partial charge in [0.15, 0.2) is 17.7 Å². The van der Waals surface area contributed by atoms with Crippen LogP contribution in [-0.4, -0.2) is 61.1 Å². The van der Waals surface area contributed by atoms with Crippen molar-refractivity contribution in [2.45, 2.75) is 76.5 Å². The highest BCUT2D eigenvalue weighted by Gasteiger charge is 2.65. The molecule has 8 heteroatoms. The van der Waals surface area contributed by atoms with E-state index < -0.39 is 47.9 Å². The quantitative estimate of drug-likeness (QED) is 0.680. The first-order valence-electron chi connectivity index (χ1n) is 8.32. The number of esters is 2. The van der Waals surface area contributed by atoms with Crippen LogP contribution in [0.1, 0.15) is 40.5 Å². The Kier molecular flexibility index (Phi) is 4.59. The molecule has 3 rings (SSSR count). The Hall–Kier alpha value is -1.22. The van der Waals surface area contributed by atoms with Gasteiger partial charge in [-0.25, -0.2) is 4.79 Å². The molecule has 0 saturated carbocycles. The third-order valence-electron chi connectivity index (χ3n) is 4.36. The summed E-state index contributed by atoms with van der Waals surface area (Å²) in [6, 6.07) is 0. The molecule has 0 N–H and O–H groups in total. The van der Waals surface area contributed by atoms with Crippen LogP contribution in [-0.2, 0) is 38.0 Å². The zero-order valence-electron chi connectivity index (χ0n) is 14.4. The van der Waals surface area contributed by atoms with Gasteiger partial charge in [-0.1, -0.05) is 0 Å². The average Bonchev–Trinajstić information content (AvgIpc) is 3.05. The van der Waals surface area contributed by atoms with Gasteiger partial charge in [-0.2, -0.15) is 0 Å². The molecule has 0 aromatic carbocycles. The van der Waals surface area contributed by atoms with E-state index >= 15 is 0 Å². The number of hydrogen-bond donors (Lipinski definition) is 0. The fraction of sp³-hybridized carbons (Fsp3) is 0.875. The minimum Gasteiger partial charge on any atom is -0.466 e. The highest BCUT2D eigenvalue weighted by molar-refractivity contribution is 5.86. The van der Waals surface area contributed by atoms with Crippen LogP contribution in [0.3, 0.4) is 0 Å². The van der Waals surface area contributed by atoms with Gasteiger partial charge in [-0.05, 0) is 27.7 Å². The summed E-state index contributed by atoms with van der Waals surface area (Å²) in [6.07, 6.45) is -1.86. The lowest BCUT2D eigenvalue weighted by atomic mass is 9.94. The van der Waals surface area contributed by atoms with E-state index in [1.807, 2.05) is 0 Å². The molecule has 3 saturated heterocycles. The number of carbonyl (C=O) groups is 2. The normalized spacial score (nSPS) is 39.3. The van der Waals surface area contributed by atoms with Gasteiger partial charge in [0, 0.05) is 6.42 Å². The first-order valence-corrected chi connectivity index (χ1v) is 8.32. The molecule has 0 aromatic rings. The minimum absolute atomic E-state index is 0.196. The van der Waals surface area contributed by atoms with Crippen molar-refractivity contribution < 1.29 is 38.0 Å². The molecule has 3 aliphatic heterocycles. The molecule has 0 bridgehead atoms. The standard InChI is InChI=1S/C16H24O8/c1-5-19-10(17)8-16(14(18)20-6-2)7-9-11(23-16)12-13(21-9)24-15(3,4)22-12/h9,11-13H,5-8H2,1-4H3/t9-,11+,12-,13-,16+/m1/s1. The predicted molar refractivity (Wildman–Crippen MR) is 78.8 cm³/mol. The van der Waals surface area contributed by atoms with E-state index in [9.17, 15) is 9.59 Å². The van der Waals surface area contributed by atoms with E-state index in [0.717, 1.165) is 0 Å². The summed E-state index contributed by atoms with van der Waals surface area (Å²) >= 11 is 0. The molecule has 3 heterocycles. The zero-order chi connectivity index (χ0) is 17.5. The van der Waals surface area contributed by atoms with Crippen LogP contribution in [0.15, 0.2) is 0 Å². The topological polar surface area (TPSA) is 89.5 Å². The lowest BCUT2D eigenvalue weighted by Crippen LogP contribution is -2.45. The molecule has 0 spiro atoms. The van der Waals surface area contributed by atoms with Gasteiger partial charge in [-0.15, -0.1) is 0 Å². The number of fused-ring (bicyclic) bond motifs is 3. The molecule has 0 amide bonds. The smallest absolute Gasteiger partial charge is 0.339 e. The van der Waals surface area contributed by atoms with Gasteiger partial charge in [0.25, 0.3) is 0 Å². The molecule has 0 aromatic heterocycles. The lowest BCUT2D eigenvalue weighted by molar-refractivity contribution is -0.210. The third-order valence-corrected chi connectivity index (χ3v) is 4.36. The predicted octanol–water partition coefficient (Wildman–Crippen LogP) is 0.907. The van der Waals surface area contributed by atoms with Gasteiger partial charge in [0.05, 0.1) is 25.7 Å². The maximum atomic E-state index is 12.5. The summed E-state index contributed by atoms with van der Waals surface area (Å²) in [5.74, 6) is -1.86. The van der Waals surface area contributed by atoms with Crippen LogP contribution in [0, 0.1) is 0 Å². The van der Waals surface area contributed by atoms with E-state index in [1.165, 1.54) is 0 Å². The lowest BCUT2D eigenvalue weighted by Gasteiger charge is -2.27. The fourth-order valence-corrected chi connectivity index (χ4v) is 3.51. The fourth-order valence-electron chi connectivity index (χ4n) is 3.51. The number of ether oxygens (including phenoxy) is 6. The Labute approximate surface area is 140 Å². The molecule has 136 valence electrons. The second kappa shape index (κ2) is 6.25. The van der Waals surface area contributed by atoms with Crippen molar-refractivity contribution >= 4 is 11.9 Å². The Morgan fingerprint density at radius 3 is 2.42 bits per heavy atom. The van der Waals surface area contributed by atoms with Crippen molar-refractivity contribution in [1.29, 1.82) is 0 Å². The third kappa shape index (κ3) is 3.03. The van der Waals surface area contributed by atoms with Gasteiger partial charge in [0.1, 0.15) is 12.2 Å². The van der Waals surface area contributed by atoms with Crippen molar-refractivity contribution in [3.05, 3.63) is 0 Å². The van der Waals surface area contributed by atoms with E-state index in [1.54, 1.807) is 27.7 Å². The van der Waals surface area contributed by atoms with Crippen LogP contribution in [0.25, 0.3) is 0 Å². The van der Waals surface area contributed by atoms with Gasteiger partial charge >= 0.3 is 11.9 Å². The largest absolute Gasteiger partial charge is 0.466 e. The monoisotopic (exact) mass is 344 g/mol. The van der Waals surface area contributed by atoms with E-state index in [2.05, 4.69) is 0 Å². The Balaban J connectivity index is 1.77. The molecular formula is C16H24O8. The van der Waals surface area contributed by atoms with Crippen molar-refractivity contribution in [2.75, 3.05) is 13.2 Å². The molecule has 0 unspecified atom stereocenters. The summed E-state index contributed by atoms with van der Waals surface area (Å²) in [5.41, 5.74) is -1.40. The van der Waals surface area contributed by atoms with Crippen LogP contribution in [0.5, 0.6) is 0 Å².